The van der Waals surface area contributed by atoms with E-state index < -0.39 is 15.6 Å². The van der Waals surface area contributed by atoms with Gasteiger partial charge in [-0.15, -0.1) is 0 Å². The van der Waals surface area contributed by atoms with Crippen LogP contribution in [0.1, 0.15) is 158 Å². The molecule has 0 aromatic rings. The first-order valence-corrected chi connectivity index (χ1v) is 20.2. The van der Waals surface area contributed by atoms with Gasteiger partial charge in [0.15, 0.2) is 0 Å². The monoisotopic (exact) mass is 702 g/mol. The van der Waals surface area contributed by atoms with Gasteiger partial charge in [-0.25, -0.2) is 9.13 Å². The topological polar surface area (TPSA) is 112 Å². The number of unbranched alkanes of at least 4 members (excludes halogenated alkanes) is 4. The molecule has 0 saturated carbocycles. The van der Waals surface area contributed by atoms with E-state index in [1.165, 1.54) is 0 Å². The zero-order valence-electron chi connectivity index (χ0n) is 29.0. The van der Waals surface area contributed by atoms with Crippen LogP contribution in [0.5, 0.6) is 0 Å². The molecule has 4 unspecified atom stereocenters. The zero-order valence-corrected chi connectivity index (χ0v) is 31.8. The summed E-state index contributed by atoms with van der Waals surface area (Å²) in [6, 6.07) is 0. The van der Waals surface area contributed by atoms with Gasteiger partial charge in [0.05, 0.1) is 26.4 Å². The van der Waals surface area contributed by atoms with Gasteiger partial charge in [0.25, 0.3) is 0 Å². The van der Waals surface area contributed by atoms with Gasteiger partial charge >= 0.3 is 15.6 Å². The van der Waals surface area contributed by atoms with E-state index in [0.29, 0.717) is 50.1 Å². The van der Waals surface area contributed by atoms with Crippen LogP contribution in [0.25, 0.3) is 0 Å². The second-order valence-electron chi connectivity index (χ2n) is 11.8. The summed E-state index contributed by atoms with van der Waals surface area (Å²) in [7, 11) is -7.78. The molecule has 0 spiro atoms. The molecule has 0 radical (unpaired) electrons. The molecule has 8 nitrogen and oxygen atoms in total. The van der Waals surface area contributed by atoms with Gasteiger partial charge in [0, 0.05) is 16.5 Å². The van der Waals surface area contributed by atoms with Crippen LogP contribution < -0.4 is 0 Å². The van der Waals surface area contributed by atoms with Gasteiger partial charge in [-0.3, -0.25) is 18.1 Å². The molecular weight excluding hydrogens is 633 g/mol. The fourth-order valence-electron chi connectivity index (χ4n) is 4.47. The van der Waals surface area contributed by atoms with E-state index >= 15 is 0 Å². The summed E-state index contributed by atoms with van der Waals surface area (Å²) in [4.78, 5) is 19.5. The molecule has 0 saturated heterocycles. The van der Waals surface area contributed by atoms with Gasteiger partial charge in [0.2, 0.25) is 0 Å². The van der Waals surface area contributed by atoms with E-state index in [-0.39, 0.29) is 16.5 Å². The van der Waals surface area contributed by atoms with Crippen molar-refractivity contribution in [2.45, 2.75) is 158 Å². The fraction of sp³-hybridized carbons (Fsp3) is 1.00. The van der Waals surface area contributed by atoms with Crippen molar-refractivity contribution in [2.24, 2.45) is 23.7 Å². The van der Waals surface area contributed by atoms with E-state index in [2.05, 4.69) is 55.4 Å². The third-order valence-corrected chi connectivity index (χ3v) is 9.97. The second-order valence-corrected chi connectivity index (χ2v) is 14.7. The van der Waals surface area contributed by atoms with Crippen LogP contribution >= 0.6 is 15.6 Å². The first-order valence-electron chi connectivity index (χ1n) is 17.2. The molecule has 0 fully saturated rings. The SMILES string of the molecule is CCCCC(CC)COP(=O)(O)OCC(CC)CCCC.CCCCC(CC)COP(=O)(O)OCC(CC)CCCC.[Ni]. The molecular formula is C32H70NiO8P2. The Hall–Kier alpha value is 0.714. The van der Waals surface area contributed by atoms with Crippen LogP contribution in [0.2, 0.25) is 0 Å². The predicted molar refractivity (Wildman–Crippen MR) is 177 cm³/mol. The van der Waals surface area contributed by atoms with Crippen molar-refractivity contribution in [1.29, 1.82) is 0 Å². The summed E-state index contributed by atoms with van der Waals surface area (Å²) in [6.45, 7) is 18.2. The van der Waals surface area contributed by atoms with E-state index in [9.17, 15) is 18.9 Å². The van der Waals surface area contributed by atoms with Gasteiger partial charge in [-0.05, 0) is 49.4 Å². The normalized spacial score (nSPS) is 17.0. The Morgan fingerprint density at radius 1 is 0.442 bits per heavy atom. The molecule has 266 valence electrons. The third-order valence-electron chi connectivity index (χ3n) is 8.07. The first-order chi connectivity index (χ1) is 20.0. The minimum atomic E-state index is -3.89. The Morgan fingerprint density at radius 2 is 0.628 bits per heavy atom. The van der Waals surface area contributed by atoms with Crippen molar-refractivity contribution in [3.05, 3.63) is 0 Å². The number of phosphoric acid groups is 2. The smallest absolute Gasteiger partial charge is 0.302 e. The van der Waals surface area contributed by atoms with Crippen LogP contribution in [-0.2, 0) is 43.7 Å². The Kier molecular flexibility index (Phi) is 35.0. The predicted octanol–water partition coefficient (Wildman–Crippen LogP) is 11.1. The molecule has 43 heavy (non-hydrogen) atoms. The van der Waals surface area contributed by atoms with Crippen LogP contribution in [0, 0.1) is 23.7 Å². The molecule has 0 aromatic carbocycles. The largest absolute Gasteiger partial charge is 0.472 e. The average molecular weight is 704 g/mol. The first kappa shape index (κ1) is 48.1. The summed E-state index contributed by atoms with van der Waals surface area (Å²) >= 11 is 0. The van der Waals surface area contributed by atoms with Crippen molar-refractivity contribution < 1.29 is 53.5 Å². The number of hydrogen-bond donors (Lipinski definition) is 2. The number of phosphoric ester groups is 2. The molecule has 0 bridgehead atoms. The van der Waals surface area contributed by atoms with E-state index in [1.807, 2.05) is 0 Å². The van der Waals surface area contributed by atoms with Gasteiger partial charge in [-0.2, -0.15) is 0 Å². The van der Waals surface area contributed by atoms with Gasteiger partial charge in [-0.1, -0.05) is 132 Å². The van der Waals surface area contributed by atoms with Crippen molar-refractivity contribution in [3.63, 3.8) is 0 Å². The van der Waals surface area contributed by atoms with Crippen molar-refractivity contribution in [1.82, 2.24) is 0 Å². The van der Waals surface area contributed by atoms with Crippen LogP contribution in [0.4, 0.5) is 0 Å². The molecule has 0 aromatic heterocycles. The van der Waals surface area contributed by atoms with Crippen LogP contribution in [0.15, 0.2) is 0 Å². The molecule has 0 aliphatic carbocycles. The molecule has 0 aliphatic rings. The maximum atomic E-state index is 11.9. The van der Waals surface area contributed by atoms with Crippen LogP contribution in [0.3, 0.4) is 0 Å². The third kappa shape index (κ3) is 29.8. The Bertz CT molecular complexity index is 582. The zero-order chi connectivity index (χ0) is 32.3. The Morgan fingerprint density at radius 3 is 0.767 bits per heavy atom. The fourth-order valence-corrected chi connectivity index (χ4v) is 6.21. The molecule has 0 rings (SSSR count). The summed E-state index contributed by atoms with van der Waals surface area (Å²) in [5.74, 6) is 1.37. The molecule has 0 amide bonds. The van der Waals surface area contributed by atoms with E-state index in [4.69, 9.17) is 18.1 Å². The van der Waals surface area contributed by atoms with Crippen molar-refractivity contribution >= 4 is 15.6 Å². The number of rotatable bonds is 28. The number of hydrogen-bond acceptors (Lipinski definition) is 6. The Labute approximate surface area is 276 Å². The van der Waals surface area contributed by atoms with E-state index in [0.717, 1.165) is 103 Å². The summed E-state index contributed by atoms with van der Waals surface area (Å²) in [6.07, 6.45) is 17.1. The van der Waals surface area contributed by atoms with E-state index in [1.54, 1.807) is 0 Å². The molecule has 2 N–H and O–H groups in total. The van der Waals surface area contributed by atoms with Crippen LogP contribution in [-0.4, -0.2) is 36.2 Å². The molecule has 0 heterocycles. The summed E-state index contributed by atoms with van der Waals surface area (Å²) < 4.78 is 44.5. The maximum Gasteiger partial charge on any atom is 0.472 e. The van der Waals surface area contributed by atoms with Crippen molar-refractivity contribution in [3.8, 4) is 0 Å². The van der Waals surface area contributed by atoms with Gasteiger partial charge in [0.1, 0.15) is 0 Å². The standard InChI is InChI=1S/2C16H35O4P.Ni/c2*1-5-9-11-15(7-3)13-19-21(17,18)20-14-16(8-4)12-10-6-2;/h2*15-16H,5-14H2,1-4H3,(H,17,18);. The summed E-state index contributed by atoms with van der Waals surface area (Å²) in [5.41, 5.74) is 0. The van der Waals surface area contributed by atoms with Gasteiger partial charge < -0.3 is 9.79 Å². The average Bonchev–Trinajstić information content (AvgIpc) is 2.98. The Balaban J connectivity index is -0.000000727. The second kappa shape index (κ2) is 31.3. The molecule has 0 aliphatic heterocycles. The minimum Gasteiger partial charge on any atom is -0.302 e. The molecule has 11 heteroatoms. The quantitative estimate of drug-likeness (QED) is 0.0612. The summed E-state index contributed by atoms with van der Waals surface area (Å²) in [5, 5.41) is 0. The molecule has 4 atom stereocenters. The van der Waals surface area contributed by atoms with Crippen molar-refractivity contribution in [2.75, 3.05) is 26.4 Å². The maximum absolute atomic E-state index is 11.9. The minimum absolute atomic E-state index is 0.